The Morgan fingerprint density at radius 2 is 1.82 bits per heavy atom. The van der Waals surface area contributed by atoms with Crippen molar-refractivity contribution in [2.24, 2.45) is 5.92 Å². The lowest BCUT2D eigenvalue weighted by molar-refractivity contribution is 0.0129. The standard InChI is InChI=1S/C26H32N2/c1-3-9-20-14-16-26(2)25-23(15-17-27(26)18-20)22-12-7-8-13-24(22)28(25)19-21-10-5-4-6-11-21/h4-8,10-13,20H,3,9,14-19H2,1-2H3/t20?,26-/m1/s1. The Hall–Kier alpha value is -2.06. The molecule has 0 N–H and O–H groups in total. The van der Waals surface area contributed by atoms with Gasteiger partial charge in [0.05, 0.1) is 5.54 Å². The van der Waals surface area contributed by atoms with Crippen molar-refractivity contribution in [3.05, 3.63) is 71.4 Å². The van der Waals surface area contributed by atoms with Gasteiger partial charge in [-0.3, -0.25) is 4.90 Å². The van der Waals surface area contributed by atoms with Crippen LogP contribution in [-0.2, 0) is 18.5 Å². The number of nitrogens with zero attached hydrogens (tertiary/aromatic N) is 2. The molecule has 0 spiro atoms. The first-order chi connectivity index (χ1) is 13.7. The Morgan fingerprint density at radius 1 is 1.04 bits per heavy atom. The number of hydrogen-bond acceptors (Lipinski definition) is 1. The van der Waals surface area contributed by atoms with Gasteiger partial charge in [-0.1, -0.05) is 61.9 Å². The topological polar surface area (TPSA) is 8.17 Å². The molecule has 2 aromatic carbocycles. The number of piperidine rings is 1. The smallest absolute Gasteiger partial charge is 0.0588 e. The molecule has 1 aromatic heterocycles. The van der Waals surface area contributed by atoms with E-state index in [2.05, 4.69) is 77.9 Å². The fraction of sp³-hybridized carbons (Fsp3) is 0.462. The lowest BCUT2D eigenvalue weighted by Crippen LogP contribution is -2.54. The van der Waals surface area contributed by atoms with Gasteiger partial charge in [0, 0.05) is 36.2 Å². The molecule has 5 rings (SSSR count). The molecule has 2 atom stereocenters. The second-order valence-corrected chi connectivity index (χ2v) is 9.08. The molecule has 0 saturated carbocycles. The molecule has 3 heterocycles. The van der Waals surface area contributed by atoms with Crippen LogP contribution in [0.5, 0.6) is 0 Å². The Morgan fingerprint density at radius 3 is 2.64 bits per heavy atom. The minimum Gasteiger partial charge on any atom is -0.338 e. The van der Waals surface area contributed by atoms with E-state index in [1.807, 2.05) is 0 Å². The monoisotopic (exact) mass is 372 g/mol. The molecule has 0 aliphatic carbocycles. The maximum Gasteiger partial charge on any atom is 0.0588 e. The summed E-state index contributed by atoms with van der Waals surface area (Å²) in [7, 11) is 0. The predicted octanol–water partition coefficient (Wildman–Crippen LogP) is 5.97. The van der Waals surface area contributed by atoms with Gasteiger partial charge >= 0.3 is 0 Å². The Balaban J connectivity index is 1.64. The van der Waals surface area contributed by atoms with E-state index < -0.39 is 0 Å². The van der Waals surface area contributed by atoms with E-state index in [4.69, 9.17) is 0 Å². The van der Waals surface area contributed by atoms with Crippen molar-refractivity contribution in [2.75, 3.05) is 13.1 Å². The van der Waals surface area contributed by atoms with Crippen molar-refractivity contribution in [1.29, 1.82) is 0 Å². The fourth-order valence-electron chi connectivity index (χ4n) is 5.92. The van der Waals surface area contributed by atoms with Gasteiger partial charge in [0.25, 0.3) is 0 Å². The lowest BCUT2D eigenvalue weighted by Gasteiger charge is -2.51. The SMILES string of the molecule is CCCC1CC[C@]2(C)c3c(c4ccccc4n3Cc3ccccc3)CCN2C1. The molecular formula is C26H32N2. The number of rotatable bonds is 4. The number of fused-ring (bicyclic) bond motifs is 5. The summed E-state index contributed by atoms with van der Waals surface area (Å²) in [6.07, 6.45) is 6.54. The van der Waals surface area contributed by atoms with Crippen LogP contribution in [0.1, 0.15) is 56.4 Å². The number of para-hydroxylation sites is 1. The second-order valence-electron chi connectivity index (χ2n) is 9.08. The largest absolute Gasteiger partial charge is 0.338 e. The van der Waals surface area contributed by atoms with Gasteiger partial charge in [-0.15, -0.1) is 0 Å². The van der Waals surface area contributed by atoms with Crippen LogP contribution in [0, 0.1) is 5.92 Å². The Kier molecular flexibility index (Phi) is 4.55. The van der Waals surface area contributed by atoms with Gasteiger partial charge in [0.15, 0.2) is 0 Å². The minimum absolute atomic E-state index is 0.172. The third kappa shape index (κ3) is 2.81. The predicted molar refractivity (Wildman–Crippen MR) is 118 cm³/mol. The van der Waals surface area contributed by atoms with E-state index in [-0.39, 0.29) is 5.54 Å². The first kappa shape index (κ1) is 18.0. The Bertz CT molecular complexity index is 971. The van der Waals surface area contributed by atoms with Crippen molar-refractivity contribution in [3.8, 4) is 0 Å². The van der Waals surface area contributed by atoms with Gasteiger partial charge in [0.1, 0.15) is 0 Å². The molecule has 1 unspecified atom stereocenters. The highest BCUT2D eigenvalue weighted by Crippen LogP contribution is 2.47. The normalized spacial score (nSPS) is 24.9. The zero-order valence-electron chi connectivity index (χ0n) is 17.3. The summed E-state index contributed by atoms with van der Waals surface area (Å²) in [4.78, 5) is 2.82. The summed E-state index contributed by atoms with van der Waals surface area (Å²) in [6, 6.07) is 20.1. The van der Waals surface area contributed by atoms with Crippen LogP contribution in [0.2, 0.25) is 0 Å². The minimum atomic E-state index is 0.172. The van der Waals surface area contributed by atoms with Crippen LogP contribution >= 0.6 is 0 Å². The highest BCUT2D eigenvalue weighted by Gasteiger charge is 2.45. The average molecular weight is 373 g/mol. The van der Waals surface area contributed by atoms with Crippen LogP contribution in [0.3, 0.4) is 0 Å². The number of benzene rings is 2. The van der Waals surface area contributed by atoms with Gasteiger partial charge in [0.2, 0.25) is 0 Å². The first-order valence-corrected chi connectivity index (χ1v) is 11.1. The quantitative estimate of drug-likeness (QED) is 0.547. The highest BCUT2D eigenvalue weighted by molar-refractivity contribution is 5.86. The number of hydrogen-bond donors (Lipinski definition) is 0. The lowest BCUT2D eigenvalue weighted by atomic mass is 9.76. The molecule has 2 aliphatic rings. The summed E-state index contributed by atoms with van der Waals surface area (Å²) in [5.41, 5.74) is 6.19. The molecule has 1 fully saturated rings. The van der Waals surface area contributed by atoms with E-state index in [0.717, 1.165) is 12.5 Å². The molecule has 2 aliphatic heterocycles. The van der Waals surface area contributed by atoms with Crippen LogP contribution in [0.15, 0.2) is 54.6 Å². The van der Waals surface area contributed by atoms with Crippen LogP contribution in [0.4, 0.5) is 0 Å². The summed E-state index contributed by atoms with van der Waals surface area (Å²) < 4.78 is 2.65. The zero-order valence-corrected chi connectivity index (χ0v) is 17.3. The highest BCUT2D eigenvalue weighted by atomic mass is 15.2. The van der Waals surface area contributed by atoms with Crippen molar-refractivity contribution < 1.29 is 0 Å². The fourth-order valence-corrected chi connectivity index (χ4v) is 5.92. The van der Waals surface area contributed by atoms with Crippen molar-refractivity contribution in [2.45, 2.75) is 58.0 Å². The van der Waals surface area contributed by atoms with Crippen LogP contribution in [-0.4, -0.2) is 22.6 Å². The van der Waals surface area contributed by atoms with E-state index in [9.17, 15) is 0 Å². The Labute approximate surface area is 169 Å². The van der Waals surface area contributed by atoms with Crippen molar-refractivity contribution in [3.63, 3.8) is 0 Å². The maximum absolute atomic E-state index is 2.82. The molecule has 0 amide bonds. The molecule has 146 valence electrons. The molecular weight excluding hydrogens is 340 g/mol. The molecule has 0 radical (unpaired) electrons. The van der Waals surface area contributed by atoms with E-state index >= 15 is 0 Å². The van der Waals surface area contributed by atoms with Gasteiger partial charge < -0.3 is 4.57 Å². The summed E-state index contributed by atoms with van der Waals surface area (Å²) in [5, 5.41) is 1.48. The summed E-state index contributed by atoms with van der Waals surface area (Å²) >= 11 is 0. The van der Waals surface area contributed by atoms with Crippen molar-refractivity contribution in [1.82, 2.24) is 9.47 Å². The van der Waals surface area contributed by atoms with Gasteiger partial charge in [-0.25, -0.2) is 0 Å². The van der Waals surface area contributed by atoms with Gasteiger partial charge in [-0.05, 0) is 55.7 Å². The third-order valence-corrected chi connectivity index (χ3v) is 7.31. The molecule has 0 bridgehead atoms. The van der Waals surface area contributed by atoms with E-state index in [0.29, 0.717) is 0 Å². The maximum atomic E-state index is 2.82. The molecule has 1 saturated heterocycles. The zero-order chi connectivity index (χ0) is 19.1. The molecule has 28 heavy (non-hydrogen) atoms. The first-order valence-electron chi connectivity index (χ1n) is 11.1. The van der Waals surface area contributed by atoms with E-state index in [1.165, 1.54) is 61.7 Å². The van der Waals surface area contributed by atoms with Crippen molar-refractivity contribution >= 4 is 10.9 Å². The van der Waals surface area contributed by atoms with Gasteiger partial charge in [-0.2, -0.15) is 0 Å². The third-order valence-electron chi connectivity index (χ3n) is 7.31. The number of aromatic nitrogens is 1. The molecule has 2 heteroatoms. The van der Waals surface area contributed by atoms with E-state index in [1.54, 1.807) is 11.3 Å². The van der Waals surface area contributed by atoms with Crippen LogP contribution < -0.4 is 0 Å². The second kappa shape index (κ2) is 7.08. The summed E-state index contributed by atoms with van der Waals surface area (Å²) in [6.45, 7) is 8.31. The summed E-state index contributed by atoms with van der Waals surface area (Å²) in [5.74, 6) is 0.881. The average Bonchev–Trinajstić information content (AvgIpc) is 3.04. The molecule has 3 aromatic rings. The van der Waals surface area contributed by atoms with Crippen LogP contribution in [0.25, 0.3) is 10.9 Å². The molecule has 2 nitrogen and oxygen atoms in total.